The first-order valence-electron chi connectivity index (χ1n) is 4.49. The molecule has 0 saturated heterocycles. The van der Waals surface area contributed by atoms with E-state index in [1.54, 1.807) is 0 Å². The van der Waals surface area contributed by atoms with Gasteiger partial charge in [-0.15, -0.1) is 0 Å². The lowest BCUT2D eigenvalue weighted by Crippen LogP contribution is -2.37. The van der Waals surface area contributed by atoms with Crippen LogP contribution in [0.1, 0.15) is 5.56 Å². The highest BCUT2D eigenvalue weighted by molar-refractivity contribution is 6.57. The molecule has 0 bridgehead atoms. The summed E-state index contributed by atoms with van der Waals surface area (Å²) in [5.41, 5.74) is 0.147. The fraction of sp³-hybridized carbons (Fsp3) is 0.333. The summed E-state index contributed by atoms with van der Waals surface area (Å²) in [6.07, 6.45) is 0.00117. The molecule has 0 unspecified atom stereocenters. The summed E-state index contributed by atoms with van der Waals surface area (Å²) < 4.78 is 42.6. The lowest BCUT2D eigenvalue weighted by Gasteiger charge is -2.14. The Labute approximate surface area is 91.5 Å². The van der Waals surface area contributed by atoms with Gasteiger partial charge in [0.1, 0.15) is 0 Å². The Morgan fingerprint density at radius 1 is 1.19 bits per heavy atom. The molecule has 0 fully saturated rings. The molecule has 0 saturated carbocycles. The van der Waals surface area contributed by atoms with Crippen LogP contribution in [0.5, 0.6) is 0 Å². The molecule has 90 valence electrons. The van der Waals surface area contributed by atoms with Gasteiger partial charge in [0.05, 0.1) is 0 Å². The molecule has 0 aliphatic rings. The lowest BCUT2D eigenvalue weighted by atomic mass is 10.1. The van der Waals surface area contributed by atoms with Crippen LogP contribution in [-0.4, -0.2) is 25.5 Å². The van der Waals surface area contributed by atoms with E-state index in [0.29, 0.717) is 0 Å². The molecule has 3 nitrogen and oxygen atoms in total. The Hall–Kier alpha value is -0.893. The van der Waals surface area contributed by atoms with Crippen LogP contribution < -0.4 is 0 Å². The second-order valence-corrected chi connectivity index (χ2v) is 5.72. The molecule has 0 heterocycles. The van der Waals surface area contributed by atoms with Crippen LogP contribution in [0.2, 0.25) is 6.04 Å². The molecule has 16 heavy (non-hydrogen) atoms. The van der Waals surface area contributed by atoms with Crippen molar-refractivity contribution in [3.63, 3.8) is 0 Å². The average molecular weight is 252 g/mol. The minimum Gasteiger partial charge on any atom is -0.390 e. The van der Waals surface area contributed by atoms with Gasteiger partial charge in [0.25, 0.3) is 0 Å². The van der Waals surface area contributed by atoms with Crippen molar-refractivity contribution in [3.8, 4) is 0 Å². The molecule has 0 atom stereocenters. The predicted molar refractivity (Wildman–Crippen MR) is 52.0 cm³/mol. The number of halogens is 3. The maximum absolute atomic E-state index is 12.8. The molecular weight excluding hydrogens is 241 g/mol. The smallest absolute Gasteiger partial charge is 0.390 e. The predicted octanol–water partition coefficient (Wildman–Crippen LogP) is 1.22. The minimum absolute atomic E-state index is 0.00117. The molecule has 0 aromatic heterocycles. The normalized spacial score (nSPS) is 11.9. The van der Waals surface area contributed by atoms with Gasteiger partial charge in [-0.3, -0.25) is 0 Å². The summed E-state index contributed by atoms with van der Waals surface area (Å²) >= 11 is 0. The fourth-order valence-electron chi connectivity index (χ4n) is 1.16. The first-order chi connectivity index (χ1) is 7.35. The van der Waals surface area contributed by atoms with Gasteiger partial charge in [0.2, 0.25) is 0 Å². The van der Waals surface area contributed by atoms with E-state index in [0.717, 1.165) is 19.2 Å². The van der Waals surface area contributed by atoms with Crippen LogP contribution in [0.3, 0.4) is 0 Å². The van der Waals surface area contributed by atoms with Crippen molar-refractivity contribution in [2.24, 2.45) is 0 Å². The Morgan fingerprint density at radius 3 is 2.12 bits per heavy atom. The average Bonchev–Trinajstić information content (AvgIpc) is 2.23. The molecule has 0 spiro atoms. The number of hydrogen-bond acceptors (Lipinski definition) is 3. The standard InChI is InChI=1S/C9H11F3O3Si/c1-15-16(13,14)3-2-6-4-7(10)9(12)8(11)5-6/h4-5,13-14H,2-3H2,1H3. The molecule has 0 radical (unpaired) electrons. The third kappa shape index (κ3) is 3.31. The molecule has 0 aliphatic heterocycles. The molecular formula is C9H11F3O3Si. The zero-order valence-corrected chi connectivity index (χ0v) is 9.51. The van der Waals surface area contributed by atoms with Gasteiger partial charge < -0.3 is 14.0 Å². The van der Waals surface area contributed by atoms with E-state index in [1.807, 2.05) is 0 Å². The second kappa shape index (κ2) is 4.96. The largest absolute Gasteiger partial charge is 0.495 e. The SMILES string of the molecule is CO[Si](O)(O)CCc1cc(F)c(F)c(F)c1. The van der Waals surface area contributed by atoms with Crippen LogP contribution in [0.15, 0.2) is 12.1 Å². The van der Waals surface area contributed by atoms with E-state index in [4.69, 9.17) is 0 Å². The lowest BCUT2D eigenvalue weighted by molar-refractivity contribution is 0.185. The Kier molecular flexibility index (Phi) is 4.08. The van der Waals surface area contributed by atoms with Gasteiger partial charge in [-0.05, 0) is 24.1 Å². The number of benzene rings is 1. The van der Waals surface area contributed by atoms with Crippen LogP contribution >= 0.6 is 0 Å². The zero-order chi connectivity index (χ0) is 12.3. The van der Waals surface area contributed by atoms with E-state index in [-0.39, 0.29) is 18.0 Å². The van der Waals surface area contributed by atoms with Crippen LogP contribution in [0.4, 0.5) is 13.2 Å². The van der Waals surface area contributed by atoms with Crippen LogP contribution in [0, 0.1) is 17.5 Å². The summed E-state index contributed by atoms with van der Waals surface area (Å²) in [4.78, 5) is 18.4. The molecule has 0 aliphatic carbocycles. The van der Waals surface area contributed by atoms with Crippen LogP contribution in [0.25, 0.3) is 0 Å². The summed E-state index contributed by atoms with van der Waals surface area (Å²) in [6, 6.07) is 1.49. The van der Waals surface area contributed by atoms with E-state index in [2.05, 4.69) is 4.43 Å². The van der Waals surface area contributed by atoms with Crippen LogP contribution in [-0.2, 0) is 10.8 Å². The highest BCUT2D eigenvalue weighted by Gasteiger charge is 2.30. The van der Waals surface area contributed by atoms with Crippen molar-refractivity contribution in [1.82, 2.24) is 0 Å². The van der Waals surface area contributed by atoms with Crippen molar-refractivity contribution in [2.75, 3.05) is 7.11 Å². The first-order valence-corrected chi connectivity index (χ1v) is 6.50. The van der Waals surface area contributed by atoms with Gasteiger partial charge >= 0.3 is 8.80 Å². The Morgan fingerprint density at radius 2 is 1.69 bits per heavy atom. The minimum atomic E-state index is -3.75. The molecule has 1 aromatic rings. The highest BCUT2D eigenvalue weighted by atomic mass is 28.4. The van der Waals surface area contributed by atoms with Gasteiger partial charge in [-0.1, -0.05) is 0 Å². The van der Waals surface area contributed by atoms with Crippen molar-refractivity contribution >= 4 is 8.80 Å². The summed E-state index contributed by atoms with van der Waals surface area (Å²) in [5, 5.41) is 0. The fourth-order valence-corrected chi connectivity index (χ4v) is 1.98. The first kappa shape index (κ1) is 13.2. The van der Waals surface area contributed by atoms with Gasteiger partial charge in [-0.2, -0.15) is 0 Å². The van der Waals surface area contributed by atoms with Gasteiger partial charge in [0, 0.05) is 13.2 Å². The monoisotopic (exact) mass is 252 g/mol. The zero-order valence-electron chi connectivity index (χ0n) is 8.51. The van der Waals surface area contributed by atoms with Gasteiger partial charge in [-0.25, -0.2) is 13.2 Å². The van der Waals surface area contributed by atoms with Crippen molar-refractivity contribution < 1.29 is 27.2 Å². The maximum atomic E-state index is 12.8. The van der Waals surface area contributed by atoms with E-state index in [9.17, 15) is 22.8 Å². The quantitative estimate of drug-likeness (QED) is 0.625. The maximum Gasteiger partial charge on any atom is 0.495 e. The number of hydrogen-bond donors (Lipinski definition) is 2. The van der Waals surface area contributed by atoms with E-state index < -0.39 is 26.3 Å². The van der Waals surface area contributed by atoms with Crippen molar-refractivity contribution in [2.45, 2.75) is 12.5 Å². The Bertz CT molecular complexity index is 361. The van der Waals surface area contributed by atoms with E-state index >= 15 is 0 Å². The summed E-state index contributed by atoms with van der Waals surface area (Å²) in [6.45, 7) is 0. The molecule has 1 aromatic carbocycles. The second-order valence-electron chi connectivity index (χ2n) is 3.32. The molecule has 7 heteroatoms. The summed E-state index contributed by atoms with van der Waals surface area (Å²) in [7, 11) is -2.61. The molecule has 2 N–H and O–H groups in total. The highest BCUT2D eigenvalue weighted by Crippen LogP contribution is 2.16. The topological polar surface area (TPSA) is 49.7 Å². The Balaban J connectivity index is 2.76. The van der Waals surface area contributed by atoms with Crippen molar-refractivity contribution in [1.29, 1.82) is 0 Å². The third-order valence-corrected chi connectivity index (χ3v) is 3.67. The summed E-state index contributed by atoms with van der Waals surface area (Å²) in [5.74, 6) is -4.13. The number of aryl methyl sites for hydroxylation is 1. The van der Waals surface area contributed by atoms with Gasteiger partial charge in [0.15, 0.2) is 17.5 Å². The molecule has 1 rings (SSSR count). The van der Waals surface area contributed by atoms with Crippen molar-refractivity contribution in [3.05, 3.63) is 35.1 Å². The van der Waals surface area contributed by atoms with E-state index in [1.165, 1.54) is 0 Å². The number of rotatable bonds is 4. The molecule has 0 amide bonds. The third-order valence-electron chi connectivity index (χ3n) is 2.11.